The van der Waals surface area contributed by atoms with E-state index in [9.17, 15) is 4.21 Å². The zero-order valence-corrected chi connectivity index (χ0v) is 10.9. The fourth-order valence-corrected chi connectivity index (χ4v) is 1.91. The van der Waals surface area contributed by atoms with Gasteiger partial charge in [0.05, 0.1) is 12.0 Å². The van der Waals surface area contributed by atoms with Gasteiger partial charge in [0.15, 0.2) is 0 Å². The van der Waals surface area contributed by atoms with Gasteiger partial charge in [0.25, 0.3) is 0 Å². The highest BCUT2D eigenvalue weighted by Crippen LogP contribution is 2.24. The van der Waals surface area contributed by atoms with E-state index in [-0.39, 0.29) is 9.90 Å². The maximum absolute atomic E-state index is 11.0. The molecule has 0 aliphatic rings. The first kappa shape index (κ1) is 13.0. The van der Waals surface area contributed by atoms with Crippen LogP contribution in [0.2, 0.25) is 0 Å². The van der Waals surface area contributed by atoms with Crippen molar-refractivity contribution in [2.24, 2.45) is 5.14 Å². The summed E-state index contributed by atoms with van der Waals surface area (Å²) in [5.74, 6) is 0.541. The Morgan fingerprint density at radius 3 is 2.62 bits per heavy atom. The van der Waals surface area contributed by atoms with Crippen molar-refractivity contribution in [2.75, 3.05) is 7.11 Å². The smallest absolute Gasteiger partial charge is 0.136 e. The van der Waals surface area contributed by atoms with Gasteiger partial charge >= 0.3 is 0 Å². The predicted octanol–water partition coefficient (Wildman–Crippen LogP) is 1.50. The molecule has 13 heavy (non-hydrogen) atoms. The molecular formula is C7H11BrNO2PS. The van der Waals surface area contributed by atoms with Crippen LogP contribution in [0.4, 0.5) is 0 Å². The summed E-state index contributed by atoms with van der Waals surface area (Å²) in [5, 5.41) is 5.23. The Kier molecular flexibility index (Phi) is 5.72. The van der Waals surface area contributed by atoms with E-state index in [1.807, 2.05) is 0 Å². The van der Waals surface area contributed by atoms with Crippen LogP contribution in [0.15, 0.2) is 27.6 Å². The molecule has 1 rings (SSSR count). The van der Waals surface area contributed by atoms with Crippen molar-refractivity contribution in [3.8, 4) is 5.75 Å². The Balaban J connectivity index is 0.00000144. The van der Waals surface area contributed by atoms with Crippen LogP contribution in [0.3, 0.4) is 0 Å². The van der Waals surface area contributed by atoms with Gasteiger partial charge in [-0.05, 0) is 18.2 Å². The zero-order valence-electron chi connectivity index (χ0n) is 7.12. The molecular weight excluding hydrogens is 273 g/mol. The summed E-state index contributed by atoms with van der Waals surface area (Å²) >= 11 is 3.25. The molecule has 0 amide bonds. The Morgan fingerprint density at radius 1 is 1.54 bits per heavy atom. The third kappa shape index (κ3) is 3.35. The van der Waals surface area contributed by atoms with Crippen molar-refractivity contribution in [3.63, 3.8) is 0 Å². The van der Waals surface area contributed by atoms with Crippen LogP contribution >= 0.6 is 25.8 Å². The first-order chi connectivity index (χ1) is 5.65. The van der Waals surface area contributed by atoms with Gasteiger partial charge in [-0.3, -0.25) is 0 Å². The summed E-state index contributed by atoms with van der Waals surface area (Å²) in [6, 6.07) is 5.19. The maximum atomic E-state index is 11.0. The molecule has 1 aromatic carbocycles. The molecule has 2 atom stereocenters. The average molecular weight is 284 g/mol. The number of benzene rings is 1. The topological polar surface area (TPSA) is 52.3 Å². The summed E-state index contributed by atoms with van der Waals surface area (Å²) in [6.07, 6.45) is 0. The van der Waals surface area contributed by atoms with E-state index in [1.54, 1.807) is 18.2 Å². The lowest BCUT2D eigenvalue weighted by molar-refractivity contribution is 0.404. The lowest BCUT2D eigenvalue weighted by Gasteiger charge is -2.04. The number of methoxy groups -OCH3 is 1. The first-order valence-corrected chi connectivity index (χ1v) is 5.15. The van der Waals surface area contributed by atoms with E-state index in [4.69, 9.17) is 9.88 Å². The van der Waals surface area contributed by atoms with E-state index in [1.165, 1.54) is 7.11 Å². The SMILES string of the molecule is COc1ccc(Br)cc1S(N)=O.P. The van der Waals surface area contributed by atoms with Crippen LogP contribution in [-0.2, 0) is 11.0 Å². The molecule has 2 N–H and O–H groups in total. The first-order valence-electron chi connectivity index (χ1n) is 3.15. The quantitative estimate of drug-likeness (QED) is 0.837. The Hall–Kier alpha value is 0.0400. The minimum Gasteiger partial charge on any atom is -0.495 e. The molecule has 0 radical (unpaired) electrons. The van der Waals surface area contributed by atoms with Crippen molar-refractivity contribution < 1.29 is 8.95 Å². The van der Waals surface area contributed by atoms with Gasteiger partial charge in [-0.25, -0.2) is 9.35 Å². The van der Waals surface area contributed by atoms with Crippen molar-refractivity contribution in [1.29, 1.82) is 0 Å². The Bertz CT molecular complexity index is 321. The second-order valence-corrected chi connectivity index (χ2v) is 4.04. The van der Waals surface area contributed by atoms with Crippen molar-refractivity contribution >= 4 is 36.8 Å². The molecule has 0 aliphatic carbocycles. The van der Waals surface area contributed by atoms with Gasteiger partial charge < -0.3 is 4.74 Å². The van der Waals surface area contributed by atoms with Crippen LogP contribution in [0.1, 0.15) is 0 Å². The van der Waals surface area contributed by atoms with Crippen LogP contribution in [0, 0.1) is 0 Å². The predicted molar refractivity (Wildman–Crippen MR) is 62.4 cm³/mol. The minimum absolute atomic E-state index is 0. The lowest BCUT2D eigenvalue weighted by atomic mass is 10.3. The molecule has 0 bridgehead atoms. The number of nitrogens with two attached hydrogens (primary N) is 1. The summed E-state index contributed by atoms with van der Waals surface area (Å²) in [7, 11) is 0.00783. The Labute approximate surface area is 91.4 Å². The van der Waals surface area contributed by atoms with Gasteiger partial charge in [0.2, 0.25) is 0 Å². The second kappa shape index (κ2) is 5.70. The van der Waals surface area contributed by atoms with Gasteiger partial charge in [-0.2, -0.15) is 9.90 Å². The third-order valence-electron chi connectivity index (χ3n) is 1.34. The molecule has 3 nitrogen and oxygen atoms in total. The largest absolute Gasteiger partial charge is 0.495 e. The summed E-state index contributed by atoms with van der Waals surface area (Å²) < 4.78 is 16.8. The summed E-state index contributed by atoms with van der Waals surface area (Å²) in [5.41, 5.74) is 0. The summed E-state index contributed by atoms with van der Waals surface area (Å²) in [4.78, 5) is 0.492. The van der Waals surface area contributed by atoms with E-state index in [2.05, 4.69) is 15.9 Å². The van der Waals surface area contributed by atoms with Gasteiger partial charge in [-0.15, -0.1) is 0 Å². The molecule has 0 saturated heterocycles. The van der Waals surface area contributed by atoms with E-state index in [0.29, 0.717) is 10.6 Å². The van der Waals surface area contributed by atoms with Crippen LogP contribution in [0.25, 0.3) is 0 Å². The van der Waals surface area contributed by atoms with Crippen molar-refractivity contribution in [2.45, 2.75) is 4.90 Å². The number of halogens is 1. The molecule has 1 aromatic rings. The van der Waals surface area contributed by atoms with E-state index < -0.39 is 11.0 Å². The molecule has 6 heteroatoms. The van der Waals surface area contributed by atoms with Crippen LogP contribution < -0.4 is 9.88 Å². The minimum atomic E-state index is -1.51. The van der Waals surface area contributed by atoms with Gasteiger partial charge in [-0.1, -0.05) is 15.9 Å². The second-order valence-electron chi connectivity index (χ2n) is 2.09. The standard InChI is InChI=1S/C7H8BrNO2S.H3P/c1-11-6-3-2-5(8)4-7(6)12(9)10;/h2-4H,9H2,1H3;1H3. The van der Waals surface area contributed by atoms with Crippen LogP contribution in [-0.4, -0.2) is 11.3 Å². The fourth-order valence-electron chi connectivity index (χ4n) is 0.808. The molecule has 2 unspecified atom stereocenters. The number of rotatable bonds is 2. The molecule has 74 valence electrons. The number of hydrogen-bond donors (Lipinski definition) is 1. The maximum Gasteiger partial charge on any atom is 0.136 e. The highest BCUT2D eigenvalue weighted by molar-refractivity contribution is 9.10. The number of ether oxygens (including phenoxy) is 1. The highest BCUT2D eigenvalue weighted by Gasteiger charge is 2.06. The monoisotopic (exact) mass is 283 g/mol. The normalized spacial score (nSPS) is 11.6. The van der Waals surface area contributed by atoms with E-state index >= 15 is 0 Å². The zero-order chi connectivity index (χ0) is 9.14. The molecule has 0 spiro atoms. The summed E-state index contributed by atoms with van der Waals surface area (Å²) in [6.45, 7) is 0. The van der Waals surface area contributed by atoms with Gasteiger partial charge in [0.1, 0.15) is 16.7 Å². The van der Waals surface area contributed by atoms with Crippen LogP contribution in [0.5, 0.6) is 5.75 Å². The number of hydrogen-bond acceptors (Lipinski definition) is 2. The average Bonchev–Trinajstić information content (AvgIpc) is 2.04. The molecule has 0 fully saturated rings. The lowest BCUT2D eigenvalue weighted by Crippen LogP contribution is -2.04. The highest BCUT2D eigenvalue weighted by atomic mass is 79.9. The molecule has 0 aromatic heterocycles. The third-order valence-corrected chi connectivity index (χ3v) is 2.59. The van der Waals surface area contributed by atoms with Gasteiger partial charge in [0, 0.05) is 4.47 Å². The molecule has 0 saturated carbocycles. The molecule has 0 aliphatic heterocycles. The van der Waals surface area contributed by atoms with E-state index in [0.717, 1.165) is 4.47 Å². The Morgan fingerprint density at radius 2 is 2.15 bits per heavy atom. The fraction of sp³-hybridized carbons (Fsp3) is 0.143. The van der Waals surface area contributed by atoms with Crippen molar-refractivity contribution in [3.05, 3.63) is 22.7 Å². The molecule has 0 heterocycles. The van der Waals surface area contributed by atoms with Crippen molar-refractivity contribution in [1.82, 2.24) is 0 Å².